The Labute approximate surface area is 181 Å². The van der Waals surface area contributed by atoms with Crippen molar-refractivity contribution in [3.8, 4) is 10.4 Å². The molecule has 1 amide bonds. The summed E-state index contributed by atoms with van der Waals surface area (Å²) in [5.74, 6) is 1.49. The number of carbonyl (C=O) groups excluding carboxylic acids is 1. The number of thiazole rings is 1. The molecule has 144 valence electrons. The minimum Gasteiger partial charge on any atom is -0.322 e. The third-order valence-electron chi connectivity index (χ3n) is 4.16. The molecule has 1 aliphatic heterocycles. The number of aryl methyl sites for hydroxylation is 1. The van der Waals surface area contributed by atoms with Crippen LogP contribution in [0.2, 0.25) is 10.0 Å². The molecule has 1 N–H and O–H groups in total. The standard InChI is InChI=1S/C19H16Cl2N4OS2/c1-11-22-10-17(28-11)12-5-13(20)7-14(6-12)24-19(26)15-8-18(23-9-16(15)21)25-3-2-4-27-25/h5-10H,2-4H2,1H3,(H,24,26). The van der Waals surface area contributed by atoms with Gasteiger partial charge in [0.1, 0.15) is 5.82 Å². The summed E-state index contributed by atoms with van der Waals surface area (Å²) in [6, 6.07) is 7.17. The van der Waals surface area contributed by atoms with Crippen molar-refractivity contribution in [3.05, 3.63) is 57.3 Å². The number of benzene rings is 1. The highest BCUT2D eigenvalue weighted by atomic mass is 35.5. The fourth-order valence-electron chi connectivity index (χ4n) is 2.86. The number of nitrogens with one attached hydrogen (secondary N) is 1. The SMILES string of the molecule is Cc1ncc(-c2cc(Cl)cc(NC(=O)c3cc(N4CCCS4)ncc3Cl)c2)s1. The monoisotopic (exact) mass is 450 g/mol. The number of carbonyl (C=O) groups is 1. The van der Waals surface area contributed by atoms with E-state index in [-0.39, 0.29) is 5.91 Å². The molecule has 1 aromatic carbocycles. The first kappa shape index (κ1) is 19.5. The Morgan fingerprint density at radius 2 is 2.04 bits per heavy atom. The molecule has 9 heteroatoms. The van der Waals surface area contributed by atoms with Gasteiger partial charge >= 0.3 is 0 Å². The van der Waals surface area contributed by atoms with Crippen LogP contribution in [0.4, 0.5) is 11.5 Å². The van der Waals surface area contributed by atoms with Crippen molar-refractivity contribution in [3.63, 3.8) is 0 Å². The predicted octanol–water partition coefficient (Wildman–Crippen LogP) is 5.93. The fraction of sp³-hybridized carbons (Fsp3) is 0.211. The molecule has 0 saturated carbocycles. The Morgan fingerprint density at radius 3 is 2.75 bits per heavy atom. The highest BCUT2D eigenvalue weighted by Gasteiger charge is 2.19. The highest BCUT2D eigenvalue weighted by molar-refractivity contribution is 8.00. The molecule has 3 heterocycles. The van der Waals surface area contributed by atoms with Gasteiger partial charge in [0.05, 0.1) is 20.5 Å². The van der Waals surface area contributed by atoms with Gasteiger partial charge in [-0.3, -0.25) is 4.79 Å². The highest BCUT2D eigenvalue weighted by Crippen LogP contribution is 2.32. The molecule has 1 fully saturated rings. The molecule has 5 nitrogen and oxygen atoms in total. The minimum atomic E-state index is -0.299. The molecule has 0 aliphatic carbocycles. The number of aromatic nitrogens is 2. The molecule has 0 bridgehead atoms. The van der Waals surface area contributed by atoms with Crippen molar-refractivity contribution in [2.45, 2.75) is 13.3 Å². The second-order valence-electron chi connectivity index (χ2n) is 6.24. The van der Waals surface area contributed by atoms with E-state index in [1.807, 2.05) is 19.1 Å². The zero-order valence-corrected chi connectivity index (χ0v) is 18.1. The summed E-state index contributed by atoms with van der Waals surface area (Å²) in [5.41, 5.74) is 1.89. The Kier molecular flexibility index (Phi) is 5.78. The van der Waals surface area contributed by atoms with Crippen molar-refractivity contribution in [2.75, 3.05) is 21.9 Å². The van der Waals surface area contributed by atoms with Gasteiger partial charge in [0.15, 0.2) is 0 Å². The van der Waals surface area contributed by atoms with Crippen LogP contribution >= 0.6 is 46.5 Å². The summed E-state index contributed by atoms with van der Waals surface area (Å²) in [4.78, 5) is 22.5. The van der Waals surface area contributed by atoms with E-state index in [1.54, 1.807) is 41.6 Å². The van der Waals surface area contributed by atoms with Crippen molar-refractivity contribution in [1.82, 2.24) is 9.97 Å². The van der Waals surface area contributed by atoms with E-state index < -0.39 is 0 Å². The van der Waals surface area contributed by atoms with Gasteiger partial charge in [-0.2, -0.15) is 0 Å². The summed E-state index contributed by atoms with van der Waals surface area (Å²) >= 11 is 15.8. The molecular weight excluding hydrogens is 435 g/mol. The molecule has 28 heavy (non-hydrogen) atoms. The molecule has 1 saturated heterocycles. The molecule has 0 radical (unpaired) electrons. The van der Waals surface area contributed by atoms with E-state index >= 15 is 0 Å². The lowest BCUT2D eigenvalue weighted by Gasteiger charge is -2.16. The van der Waals surface area contributed by atoms with Crippen LogP contribution in [0.1, 0.15) is 21.8 Å². The van der Waals surface area contributed by atoms with Crippen LogP contribution in [-0.2, 0) is 0 Å². The summed E-state index contributed by atoms with van der Waals surface area (Å²) in [6.45, 7) is 2.86. The summed E-state index contributed by atoms with van der Waals surface area (Å²) in [7, 11) is 0. The van der Waals surface area contributed by atoms with Gasteiger partial charge in [0, 0.05) is 35.4 Å². The maximum absolute atomic E-state index is 12.9. The Balaban J connectivity index is 1.60. The third kappa shape index (κ3) is 4.27. The molecule has 3 aromatic rings. The second kappa shape index (κ2) is 8.29. The first-order chi connectivity index (χ1) is 13.5. The van der Waals surface area contributed by atoms with E-state index in [0.29, 0.717) is 21.3 Å². The maximum atomic E-state index is 12.9. The van der Waals surface area contributed by atoms with Gasteiger partial charge in [-0.1, -0.05) is 23.2 Å². The number of hydrogen-bond donors (Lipinski definition) is 1. The lowest BCUT2D eigenvalue weighted by molar-refractivity contribution is 0.102. The van der Waals surface area contributed by atoms with Gasteiger partial charge in [0.2, 0.25) is 0 Å². The number of halogens is 2. The molecule has 2 aromatic heterocycles. The topological polar surface area (TPSA) is 58.1 Å². The van der Waals surface area contributed by atoms with Crippen LogP contribution in [0, 0.1) is 6.92 Å². The van der Waals surface area contributed by atoms with E-state index in [4.69, 9.17) is 23.2 Å². The van der Waals surface area contributed by atoms with Gasteiger partial charge in [-0.25, -0.2) is 9.97 Å². The number of amides is 1. The predicted molar refractivity (Wildman–Crippen MR) is 119 cm³/mol. The van der Waals surface area contributed by atoms with Crippen molar-refractivity contribution < 1.29 is 4.79 Å². The molecular formula is C19H16Cl2N4OS2. The van der Waals surface area contributed by atoms with Crippen molar-refractivity contribution in [2.24, 2.45) is 0 Å². The van der Waals surface area contributed by atoms with Gasteiger partial charge in [0.25, 0.3) is 5.91 Å². The lowest BCUT2D eigenvalue weighted by atomic mass is 10.1. The number of rotatable bonds is 4. The smallest absolute Gasteiger partial charge is 0.257 e. The Bertz CT molecular complexity index is 1030. The first-order valence-electron chi connectivity index (χ1n) is 8.60. The largest absolute Gasteiger partial charge is 0.322 e. The fourth-order valence-corrected chi connectivity index (χ4v) is 5.02. The number of nitrogens with zero attached hydrogens (tertiary/aromatic N) is 3. The van der Waals surface area contributed by atoms with Crippen LogP contribution in [0.15, 0.2) is 36.7 Å². The molecule has 0 spiro atoms. The van der Waals surface area contributed by atoms with Gasteiger partial charge in [-0.15, -0.1) is 11.3 Å². The Hall–Kier alpha value is -1.80. The van der Waals surface area contributed by atoms with E-state index in [1.165, 1.54) is 6.20 Å². The van der Waals surface area contributed by atoms with Crippen molar-refractivity contribution >= 4 is 63.9 Å². The molecule has 4 rings (SSSR count). The quantitative estimate of drug-likeness (QED) is 0.498. The minimum absolute atomic E-state index is 0.299. The van der Waals surface area contributed by atoms with Gasteiger partial charge in [-0.05, 0) is 55.1 Å². The molecule has 0 atom stereocenters. The summed E-state index contributed by atoms with van der Waals surface area (Å²) in [6.07, 6.45) is 4.42. The van der Waals surface area contributed by atoms with Crippen molar-refractivity contribution in [1.29, 1.82) is 0 Å². The maximum Gasteiger partial charge on any atom is 0.257 e. The average molecular weight is 451 g/mol. The van der Waals surface area contributed by atoms with E-state index in [9.17, 15) is 4.79 Å². The zero-order valence-electron chi connectivity index (χ0n) is 14.9. The molecule has 0 unspecified atom stereocenters. The number of pyridine rings is 1. The normalized spacial score (nSPS) is 13.8. The zero-order chi connectivity index (χ0) is 19.7. The van der Waals surface area contributed by atoms with E-state index in [0.717, 1.165) is 40.0 Å². The number of anilines is 2. The van der Waals surface area contributed by atoms with Crippen LogP contribution in [-0.4, -0.2) is 28.2 Å². The second-order valence-corrected chi connectivity index (χ2v) is 9.42. The van der Waals surface area contributed by atoms with Crippen LogP contribution in [0.3, 0.4) is 0 Å². The third-order valence-corrected chi connectivity index (χ3v) is 6.79. The van der Waals surface area contributed by atoms with E-state index in [2.05, 4.69) is 19.6 Å². The lowest BCUT2D eigenvalue weighted by Crippen LogP contribution is -2.16. The first-order valence-corrected chi connectivity index (χ1v) is 11.1. The van der Waals surface area contributed by atoms with Crippen LogP contribution in [0.25, 0.3) is 10.4 Å². The summed E-state index contributed by atoms with van der Waals surface area (Å²) < 4.78 is 2.08. The average Bonchev–Trinajstić information content (AvgIpc) is 3.33. The molecule has 1 aliphatic rings. The summed E-state index contributed by atoms with van der Waals surface area (Å²) in [5, 5.41) is 4.71. The van der Waals surface area contributed by atoms with Crippen LogP contribution in [0.5, 0.6) is 0 Å². The number of hydrogen-bond acceptors (Lipinski definition) is 6. The van der Waals surface area contributed by atoms with Crippen LogP contribution < -0.4 is 9.62 Å². The Morgan fingerprint density at radius 1 is 1.18 bits per heavy atom. The van der Waals surface area contributed by atoms with Gasteiger partial charge < -0.3 is 9.62 Å².